The molecule has 17 heteroatoms. The van der Waals surface area contributed by atoms with E-state index in [4.69, 9.17) is 50.5 Å². The van der Waals surface area contributed by atoms with Crippen molar-refractivity contribution >= 4 is 35.1 Å². The van der Waals surface area contributed by atoms with Crippen LogP contribution in [-0.2, 0) is 28.5 Å². The van der Waals surface area contributed by atoms with Crippen molar-refractivity contribution in [3.63, 3.8) is 0 Å². The van der Waals surface area contributed by atoms with E-state index < -0.39 is 84.2 Å². The highest BCUT2D eigenvalue weighted by Crippen LogP contribution is 2.44. The van der Waals surface area contributed by atoms with E-state index >= 15 is 0 Å². The fourth-order valence-corrected chi connectivity index (χ4v) is 7.88. The summed E-state index contributed by atoms with van der Waals surface area (Å²) in [4.78, 5) is 41.6. The normalized spacial score (nSPS) is 29.9. The Hall–Kier alpha value is -5.82. The zero-order chi connectivity index (χ0) is 43.3. The zero-order valence-electron chi connectivity index (χ0n) is 33.1. The lowest BCUT2D eigenvalue weighted by molar-refractivity contribution is -0.329. The Kier molecular flexibility index (Phi) is 11.5. The number of rotatable bonds is 6. The minimum Gasteiger partial charge on any atom is -0.504 e. The largest absolute Gasteiger partial charge is 0.504 e. The maximum Gasteiger partial charge on any atom is 0.341 e. The number of ether oxygens (including phenoxy) is 7. The molecular formula is C43H42ClN3O13. The lowest BCUT2D eigenvalue weighted by atomic mass is 9.85. The summed E-state index contributed by atoms with van der Waals surface area (Å²) < 4.78 is 41.9. The number of likely N-dealkylation sites (N-methyl/N-ethyl adjacent to an activating group) is 1. The van der Waals surface area contributed by atoms with E-state index in [0.29, 0.717) is 0 Å². The predicted octanol–water partition coefficient (Wildman–Crippen LogP) is 2.80. The van der Waals surface area contributed by atoms with Crippen LogP contribution in [0.2, 0.25) is 5.02 Å². The Morgan fingerprint density at radius 1 is 1.13 bits per heavy atom. The molecule has 4 heterocycles. The van der Waals surface area contributed by atoms with Crippen LogP contribution in [0.5, 0.6) is 23.0 Å². The number of nitrogens with one attached hydrogen (secondary N) is 1. The van der Waals surface area contributed by atoms with Gasteiger partial charge < -0.3 is 64.4 Å². The summed E-state index contributed by atoms with van der Waals surface area (Å²) in [5, 5.41) is 36.6. The number of carbonyl (C=O) groups excluding carboxylic acids is 3. The standard InChI is InChI=1S/C43H42ClN3O13/c1-21-39(52)46-34-26(17-25(54-6)18-30(34)56-21)40(53)57-31-20-55-33(49)19-28(45)23-15-27(44)37(29(48)16-23)58-32-11-7-9-22(31)12-13-24-10-8-14-43(24,32)60-41-36(51)35(50)38(47(4)5)42(2,3)59-41/h8-10,14-18,28,31-32,35-36,38,41,48,50-51H,1,19-20,45H2,2-6H3,(H,46,52)/b22-9+/t28-,31?,32+,35+,36+,38-,41-,43?/m0/s1. The van der Waals surface area contributed by atoms with Crippen LogP contribution in [0.3, 0.4) is 0 Å². The molecule has 314 valence electrons. The van der Waals surface area contributed by atoms with Gasteiger partial charge in [-0.3, -0.25) is 9.59 Å². The number of methoxy groups -OCH3 is 1. The van der Waals surface area contributed by atoms with Crippen LogP contribution in [0.1, 0.15) is 42.2 Å². The average Bonchev–Trinajstić information content (AvgIpc) is 3.60. The fraction of sp³-hybridized carbons (Fsp3) is 0.372. The summed E-state index contributed by atoms with van der Waals surface area (Å²) in [6.45, 7) is 6.50. The second kappa shape index (κ2) is 16.3. The third kappa shape index (κ3) is 7.94. The van der Waals surface area contributed by atoms with Gasteiger partial charge in [-0.15, -0.1) is 0 Å². The SMILES string of the molecule is C=C1Oc2cc(OC)cc(C(=O)OC3COC(=O)C[C@H](N)c4cc(O)c(c(Cl)c4)O[C@@H]4C#C/C=C/3C#CC3=CC=CC34O[C@@H]3OC(C)(C)[C@@H](N(C)C)[C@H](O)[C@H]3O)c2NC1=O. The molecule has 8 atom stereocenters. The molecule has 0 radical (unpaired) electrons. The quantitative estimate of drug-likeness (QED) is 0.161. The van der Waals surface area contributed by atoms with E-state index in [9.17, 15) is 29.7 Å². The number of allylic oxidation sites excluding steroid dienone is 3. The molecule has 4 aliphatic heterocycles. The van der Waals surface area contributed by atoms with Crippen molar-refractivity contribution in [1.82, 2.24) is 4.90 Å². The summed E-state index contributed by atoms with van der Waals surface area (Å²) in [6, 6.07) is 3.83. The molecule has 8 rings (SSSR count). The molecule has 1 amide bonds. The van der Waals surface area contributed by atoms with E-state index in [-0.39, 0.29) is 62.4 Å². The monoisotopic (exact) mass is 843 g/mol. The van der Waals surface area contributed by atoms with Crippen LogP contribution in [0, 0.1) is 23.7 Å². The number of phenols is 1. The average molecular weight is 844 g/mol. The number of hydrogen-bond donors (Lipinski definition) is 5. The molecule has 60 heavy (non-hydrogen) atoms. The second-order valence-electron chi connectivity index (χ2n) is 15.2. The van der Waals surface area contributed by atoms with Gasteiger partial charge in [-0.05, 0) is 69.8 Å². The lowest BCUT2D eigenvalue weighted by Gasteiger charge is -2.51. The van der Waals surface area contributed by atoms with Gasteiger partial charge in [-0.1, -0.05) is 42.0 Å². The molecule has 0 saturated carbocycles. The van der Waals surface area contributed by atoms with Crippen molar-refractivity contribution in [1.29, 1.82) is 0 Å². The first-order chi connectivity index (χ1) is 28.4. The molecule has 1 saturated heterocycles. The first-order valence-electron chi connectivity index (χ1n) is 18.6. The van der Waals surface area contributed by atoms with E-state index in [1.165, 1.54) is 37.5 Å². The Morgan fingerprint density at radius 2 is 1.90 bits per heavy atom. The molecule has 16 nitrogen and oxygen atoms in total. The third-order valence-electron chi connectivity index (χ3n) is 10.5. The molecule has 6 N–H and O–H groups in total. The van der Waals surface area contributed by atoms with Gasteiger partial charge in [-0.25, -0.2) is 4.79 Å². The number of carbonyl (C=O) groups is 3. The topological polar surface area (TPSA) is 218 Å². The first-order valence-corrected chi connectivity index (χ1v) is 19.0. The van der Waals surface area contributed by atoms with Gasteiger partial charge in [0, 0.05) is 23.8 Å². The van der Waals surface area contributed by atoms with E-state index in [1.54, 1.807) is 51.1 Å². The predicted molar refractivity (Wildman–Crippen MR) is 214 cm³/mol. The summed E-state index contributed by atoms with van der Waals surface area (Å²) in [7, 11) is 4.87. The molecule has 2 unspecified atom stereocenters. The number of fused-ring (bicyclic) bond motifs is 9. The smallest absolute Gasteiger partial charge is 0.341 e. The maximum atomic E-state index is 14.1. The fourth-order valence-electron chi connectivity index (χ4n) is 7.61. The van der Waals surface area contributed by atoms with Gasteiger partial charge in [0.1, 0.15) is 24.6 Å². The number of aromatic hydroxyl groups is 1. The minimum absolute atomic E-state index is 0.0160. The summed E-state index contributed by atoms with van der Waals surface area (Å²) in [5.74, 6) is 8.83. The van der Waals surface area contributed by atoms with Gasteiger partial charge in [0.15, 0.2) is 47.1 Å². The van der Waals surface area contributed by atoms with Crippen molar-refractivity contribution in [2.24, 2.45) is 5.73 Å². The highest BCUT2D eigenvalue weighted by Gasteiger charge is 2.55. The van der Waals surface area contributed by atoms with Crippen LogP contribution >= 0.6 is 11.6 Å². The number of anilines is 1. The van der Waals surface area contributed by atoms with Crippen molar-refractivity contribution in [3.05, 3.63) is 88.2 Å². The maximum absolute atomic E-state index is 14.1. The molecule has 2 aromatic carbocycles. The molecule has 0 aromatic heterocycles. The number of halogens is 1. The van der Waals surface area contributed by atoms with Crippen LogP contribution in [-0.4, -0.2) is 114 Å². The molecule has 4 bridgehead atoms. The number of aliphatic hydroxyl groups is 2. The van der Waals surface area contributed by atoms with E-state index in [0.717, 1.165) is 0 Å². The Labute approximate surface area is 350 Å². The molecule has 2 aromatic rings. The van der Waals surface area contributed by atoms with Crippen molar-refractivity contribution in [2.75, 3.05) is 33.1 Å². The number of hydrogen-bond acceptors (Lipinski definition) is 15. The number of phenolic OH excluding ortho intramolecular Hbond substituents is 1. The minimum atomic E-state index is -1.80. The molecule has 6 aliphatic rings. The van der Waals surface area contributed by atoms with Gasteiger partial charge in [-0.2, -0.15) is 0 Å². The van der Waals surface area contributed by atoms with Crippen LogP contribution in [0.25, 0.3) is 0 Å². The third-order valence-corrected chi connectivity index (χ3v) is 10.8. The highest BCUT2D eigenvalue weighted by molar-refractivity contribution is 6.32. The summed E-state index contributed by atoms with van der Waals surface area (Å²) in [5.41, 5.74) is 3.86. The molecular weight excluding hydrogens is 802 g/mol. The van der Waals surface area contributed by atoms with E-state index in [1.807, 2.05) is 0 Å². The van der Waals surface area contributed by atoms with Gasteiger partial charge in [0.25, 0.3) is 5.91 Å². The van der Waals surface area contributed by atoms with Crippen molar-refractivity contribution in [3.8, 4) is 46.7 Å². The van der Waals surface area contributed by atoms with Gasteiger partial charge in [0.2, 0.25) is 0 Å². The Bertz CT molecular complexity index is 2360. The second-order valence-corrected chi connectivity index (χ2v) is 15.6. The molecule has 1 fully saturated rings. The Morgan fingerprint density at radius 3 is 2.62 bits per heavy atom. The lowest BCUT2D eigenvalue weighted by Crippen LogP contribution is -2.68. The van der Waals surface area contributed by atoms with Gasteiger partial charge >= 0.3 is 11.9 Å². The number of amides is 1. The van der Waals surface area contributed by atoms with Crippen molar-refractivity contribution in [2.45, 2.75) is 74.3 Å². The van der Waals surface area contributed by atoms with E-state index in [2.05, 4.69) is 35.6 Å². The highest BCUT2D eigenvalue weighted by atomic mass is 35.5. The molecule has 0 spiro atoms. The summed E-state index contributed by atoms with van der Waals surface area (Å²) in [6.07, 6.45) is -1.46. The number of esters is 2. The van der Waals surface area contributed by atoms with Crippen LogP contribution in [0.4, 0.5) is 5.69 Å². The van der Waals surface area contributed by atoms with Crippen molar-refractivity contribution < 1.29 is 62.9 Å². The summed E-state index contributed by atoms with van der Waals surface area (Å²) >= 11 is 6.70. The first kappa shape index (κ1) is 42.3. The number of benzene rings is 2. The number of nitrogens with zero attached hydrogens (tertiary/aromatic N) is 1. The van der Waals surface area contributed by atoms with Crippen LogP contribution < -0.4 is 25.3 Å². The number of aliphatic hydroxyl groups excluding tert-OH is 2. The molecule has 2 aliphatic carbocycles. The zero-order valence-corrected chi connectivity index (χ0v) is 33.9. The van der Waals surface area contributed by atoms with Gasteiger partial charge in [0.05, 0.1) is 47.0 Å². The van der Waals surface area contributed by atoms with Crippen LogP contribution in [0.15, 0.2) is 72.1 Å². The number of nitrogens with two attached hydrogens (primary N) is 1. The Balaban J connectivity index is 1.34.